The van der Waals surface area contributed by atoms with Crippen LogP contribution in [0.4, 0.5) is 0 Å². The van der Waals surface area contributed by atoms with E-state index in [0.29, 0.717) is 30.6 Å². The van der Waals surface area contributed by atoms with Crippen LogP contribution in [0.15, 0.2) is 0 Å². The molecule has 5 aliphatic carbocycles. The van der Waals surface area contributed by atoms with Gasteiger partial charge in [0.25, 0.3) is 0 Å². The Balaban J connectivity index is 1.53. The van der Waals surface area contributed by atoms with Gasteiger partial charge in [0.2, 0.25) is 0 Å². The first kappa shape index (κ1) is 25.4. The summed E-state index contributed by atoms with van der Waals surface area (Å²) in [6.45, 7) is 12.9. The molecule has 5 rings (SSSR count). The van der Waals surface area contributed by atoms with E-state index in [1.54, 1.807) is 13.8 Å². The minimum Gasteiger partial charge on any atom is -0.465 e. The Bertz CT molecular complexity index is 939. The summed E-state index contributed by atoms with van der Waals surface area (Å²) in [7, 11) is 0. The van der Waals surface area contributed by atoms with E-state index in [2.05, 4.69) is 20.8 Å². The van der Waals surface area contributed by atoms with Crippen LogP contribution in [-0.2, 0) is 19.1 Å². The van der Waals surface area contributed by atoms with E-state index >= 15 is 0 Å². The Morgan fingerprint density at radius 2 is 1.60 bits per heavy atom. The minimum atomic E-state index is -1.22. The third kappa shape index (κ3) is 3.25. The Morgan fingerprint density at radius 3 is 2.26 bits per heavy atom. The monoisotopic (exact) mass is 486 g/mol. The first-order valence-corrected chi connectivity index (χ1v) is 14.1. The molecule has 0 saturated heterocycles. The first-order chi connectivity index (χ1) is 16.2. The molecule has 1 N–H and O–H groups in total. The summed E-state index contributed by atoms with van der Waals surface area (Å²) >= 11 is 0. The lowest BCUT2D eigenvalue weighted by Gasteiger charge is -2.72. The zero-order valence-corrected chi connectivity index (χ0v) is 22.7. The molecule has 0 amide bonds. The highest BCUT2D eigenvalue weighted by atomic mass is 16.5. The molecule has 5 fully saturated rings. The van der Waals surface area contributed by atoms with Crippen molar-refractivity contribution in [1.82, 2.24) is 0 Å². The van der Waals surface area contributed by atoms with Crippen LogP contribution in [0.5, 0.6) is 0 Å². The number of Topliss-reactive ketones (excluding diaryl/α,β-unsaturated/α-hetero) is 2. The molecule has 0 aromatic carbocycles. The van der Waals surface area contributed by atoms with E-state index in [-0.39, 0.29) is 51.2 Å². The van der Waals surface area contributed by atoms with Crippen LogP contribution in [0.1, 0.15) is 106 Å². The summed E-state index contributed by atoms with van der Waals surface area (Å²) < 4.78 is 5.67. The van der Waals surface area contributed by atoms with Gasteiger partial charge in [-0.05, 0) is 106 Å². The Labute approximate surface area is 211 Å². The van der Waals surface area contributed by atoms with Gasteiger partial charge in [-0.25, -0.2) is 0 Å². The van der Waals surface area contributed by atoms with E-state index in [4.69, 9.17) is 4.74 Å². The second-order valence-electron chi connectivity index (χ2n) is 14.2. The molecule has 0 heterocycles. The quantitative estimate of drug-likeness (QED) is 0.532. The highest BCUT2D eigenvalue weighted by molar-refractivity contribution is 5.88. The van der Waals surface area contributed by atoms with Crippen LogP contribution in [0.25, 0.3) is 0 Å². The molecule has 0 bridgehead atoms. The minimum absolute atomic E-state index is 0.0200. The Kier molecular flexibility index (Phi) is 5.73. The lowest BCUT2D eigenvalue weighted by Crippen LogP contribution is -2.68. The molecule has 5 heteroatoms. The maximum absolute atomic E-state index is 12.9. The predicted molar refractivity (Wildman–Crippen MR) is 133 cm³/mol. The van der Waals surface area contributed by atoms with Crippen molar-refractivity contribution in [3.63, 3.8) is 0 Å². The van der Waals surface area contributed by atoms with Crippen LogP contribution in [0.3, 0.4) is 0 Å². The van der Waals surface area contributed by atoms with Gasteiger partial charge in [0.05, 0.1) is 6.61 Å². The number of carbonyl (C=O) groups is 3. The second kappa shape index (κ2) is 7.88. The average molecular weight is 487 g/mol. The van der Waals surface area contributed by atoms with E-state index in [1.165, 1.54) is 6.92 Å². The van der Waals surface area contributed by atoms with Crippen molar-refractivity contribution in [3.05, 3.63) is 0 Å². The van der Waals surface area contributed by atoms with Gasteiger partial charge >= 0.3 is 5.97 Å². The van der Waals surface area contributed by atoms with Gasteiger partial charge in [0, 0.05) is 30.6 Å². The first-order valence-electron chi connectivity index (χ1n) is 14.1. The fourth-order valence-corrected chi connectivity index (χ4v) is 11.2. The SMILES string of the molecule is CC(=O)OC[C@]12CC[C@@H](C(C)=O)[C@@H]1[C@H]1CC[C@@H]3[C@@]4(C)CCC(=O)[C@@](C)(O)[C@@H]4CC[C@@]3(C)[C@]1(C)CC2. The number of rotatable bonds is 3. The molecule has 0 aromatic rings. The molecule has 0 spiro atoms. The number of esters is 1. The van der Waals surface area contributed by atoms with Gasteiger partial charge in [0.1, 0.15) is 11.4 Å². The molecule has 0 aromatic heterocycles. The van der Waals surface area contributed by atoms with Gasteiger partial charge in [0.15, 0.2) is 5.78 Å². The van der Waals surface area contributed by atoms with Crippen molar-refractivity contribution in [3.8, 4) is 0 Å². The number of ether oxygens (including phenoxy) is 1. The molecule has 0 unspecified atom stereocenters. The number of fused-ring (bicyclic) bond motifs is 7. The van der Waals surface area contributed by atoms with Gasteiger partial charge < -0.3 is 9.84 Å². The second-order valence-corrected chi connectivity index (χ2v) is 14.2. The smallest absolute Gasteiger partial charge is 0.302 e. The van der Waals surface area contributed by atoms with Crippen LogP contribution < -0.4 is 0 Å². The summed E-state index contributed by atoms with van der Waals surface area (Å²) in [6.07, 6.45) is 9.47. The van der Waals surface area contributed by atoms with Gasteiger partial charge in [-0.15, -0.1) is 0 Å². The van der Waals surface area contributed by atoms with Crippen LogP contribution >= 0.6 is 0 Å². The number of carbonyl (C=O) groups excluding carboxylic acids is 3. The van der Waals surface area contributed by atoms with Gasteiger partial charge in [-0.3, -0.25) is 14.4 Å². The topological polar surface area (TPSA) is 80.7 Å². The molecule has 10 atom stereocenters. The van der Waals surface area contributed by atoms with Crippen LogP contribution in [0.2, 0.25) is 0 Å². The van der Waals surface area contributed by atoms with E-state index in [1.807, 2.05) is 0 Å². The maximum Gasteiger partial charge on any atom is 0.302 e. The zero-order chi connectivity index (χ0) is 25.6. The fourth-order valence-electron chi connectivity index (χ4n) is 11.2. The Hall–Kier alpha value is -1.23. The summed E-state index contributed by atoms with van der Waals surface area (Å²) in [5, 5.41) is 11.3. The van der Waals surface area contributed by atoms with Crippen molar-refractivity contribution in [1.29, 1.82) is 0 Å². The fraction of sp³-hybridized carbons (Fsp3) is 0.900. The standard InChI is InChI=1S/C30H46O5/c1-18(31)20-9-14-30(17-35-19(2)32)16-15-27(4)21(25(20)30)7-8-22-26(3)12-11-24(33)29(6,34)23(26)10-13-28(22,27)5/h20-23,25,34H,7-17H2,1-6H3/t20-,21+,22+,23+,25+,26+,27+,28+,29-,30+/m0/s1. The largest absolute Gasteiger partial charge is 0.465 e. The van der Waals surface area contributed by atoms with Crippen molar-refractivity contribution < 1.29 is 24.2 Å². The maximum atomic E-state index is 12.9. The highest BCUT2D eigenvalue weighted by Crippen LogP contribution is 2.76. The average Bonchev–Trinajstić information content (AvgIpc) is 3.16. The summed E-state index contributed by atoms with van der Waals surface area (Å²) in [6, 6.07) is 0. The summed E-state index contributed by atoms with van der Waals surface area (Å²) in [4.78, 5) is 37.4. The van der Waals surface area contributed by atoms with E-state index in [0.717, 1.165) is 57.8 Å². The third-order valence-electron chi connectivity index (χ3n) is 13.1. The molecule has 5 nitrogen and oxygen atoms in total. The van der Waals surface area contributed by atoms with Gasteiger partial charge in [-0.1, -0.05) is 20.8 Å². The number of ketones is 2. The summed E-state index contributed by atoms with van der Waals surface area (Å²) in [5.74, 6) is 1.37. The molecule has 0 radical (unpaired) electrons. The van der Waals surface area contributed by atoms with Crippen molar-refractivity contribution in [2.75, 3.05) is 6.61 Å². The summed E-state index contributed by atoms with van der Waals surface area (Å²) in [5.41, 5.74) is -1.13. The molecule has 35 heavy (non-hydrogen) atoms. The normalized spacial score (nSPS) is 53.1. The molecule has 0 aliphatic heterocycles. The molecular formula is C30H46O5. The Morgan fingerprint density at radius 1 is 0.886 bits per heavy atom. The number of hydrogen-bond donors (Lipinski definition) is 1. The molecule has 5 aliphatic rings. The molecular weight excluding hydrogens is 440 g/mol. The van der Waals surface area contributed by atoms with E-state index in [9.17, 15) is 19.5 Å². The van der Waals surface area contributed by atoms with Crippen LogP contribution in [0, 0.1) is 51.2 Å². The van der Waals surface area contributed by atoms with Crippen LogP contribution in [-0.4, -0.2) is 34.9 Å². The van der Waals surface area contributed by atoms with Crippen molar-refractivity contribution in [2.45, 2.75) is 111 Å². The number of aliphatic hydroxyl groups is 1. The number of hydrogen-bond acceptors (Lipinski definition) is 5. The highest BCUT2D eigenvalue weighted by Gasteiger charge is 2.71. The van der Waals surface area contributed by atoms with E-state index < -0.39 is 5.60 Å². The third-order valence-corrected chi connectivity index (χ3v) is 13.1. The predicted octanol–water partition coefficient (Wildman–Crippen LogP) is 5.51. The lowest BCUT2D eigenvalue weighted by atomic mass is 9.33. The van der Waals surface area contributed by atoms with Crippen molar-refractivity contribution in [2.24, 2.45) is 51.2 Å². The zero-order valence-electron chi connectivity index (χ0n) is 22.7. The van der Waals surface area contributed by atoms with Crippen molar-refractivity contribution >= 4 is 17.5 Å². The lowest BCUT2D eigenvalue weighted by molar-refractivity contribution is -0.245. The van der Waals surface area contributed by atoms with Gasteiger partial charge in [-0.2, -0.15) is 0 Å². The molecule has 5 saturated carbocycles. The molecule has 196 valence electrons.